The van der Waals surface area contributed by atoms with Gasteiger partial charge in [-0.15, -0.1) is 0 Å². The second kappa shape index (κ2) is 8.80. The number of hydrogen-bond acceptors (Lipinski definition) is 8. The maximum atomic E-state index is 12.9. The molecular formula is C25H27F3N6O4. The summed E-state index contributed by atoms with van der Waals surface area (Å²) in [6, 6.07) is 4.85. The Morgan fingerprint density at radius 3 is 2.58 bits per heavy atom. The molecular weight excluding hydrogens is 505 g/mol. The van der Waals surface area contributed by atoms with Crippen molar-refractivity contribution in [2.45, 2.75) is 62.9 Å². The highest BCUT2D eigenvalue weighted by Crippen LogP contribution is 2.47. The number of halogens is 3. The number of carbonyl (C=O) groups is 1. The lowest BCUT2D eigenvalue weighted by atomic mass is 10.1. The van der Waals surface area contributed by atoms with E-state index < -0.39 is 41.6 Å². The van der Waals surface area contributed by atoms with Crippen LogP contribution in [0.5, 0.6) is 0 Å². The van der Waals surface area contributed by atoms with E-state index in [2.05, 4.69) is 20.3 Å². The van der Waals surface area contributed by atoms with Crippen LogP contribution < -0.4 is 10.2 Å². The number of aromatic nitrogens is 4. The summed E-state index contributed by atoms with van der Waals surface area (Å²) in [6.07, 6.45) is -1.24. The van der Waals surface area contributed by atoms with E-state index in [0.29, 0.717) is 36.5 Å². The van der Waals surface area contributed by atoms with Crippen molar-refractivity contribution in [3.63, 3.8) is 0 Å². The summed E-state index contributed by atoms with van der Waals surface area (Å²) in [7, 11) is 0. The van der Waals surface area contributed by atoms with Crippen LogP contribution in [0.4, 0.5) is 24.7 Å². The van der Waals surface area contributed by atoms with Crippen molar-refractivity contribution >= 4 is 28.6 Å². The van der Waals surface area contributed by atoms with E-state index in [1.165, 1.54) is 18.5 Å². The van der Waals surface area contributed by atoms with Crippen LogP contribution in [0, 0.1) is 5.92 Å². The predicted molar refractivity (Wildman–Crippen MR) is 130 cm³/mol. The highest BCUT2D eigenvalue weighted by molar-refractivity contribution is 5.83. The first kappa shape index (κ1) is 24.9. The van der Waals surface area contributed by atoms with E-state index in [0.717, 1.165) is 24.2 Å². The summed E-state index contributed by atoms with van der Waals surface area (Å²) < 4.78 is 52.6. The zero-order valence-corrected chi connectivity index (χ0v) is 20.7. The molecule has 0 radical (unpaired) electrons. The Labute approximate surface area is 215 Å². The van der Waals surface area contributed by atoms with Crippen molar-refractivity contribution < 1.29 is 32.5 Å². The zero-order valence-electron chi connectivity index (χ0n) is 20.7. The molecule has 0 spiro atoms. The number of imidazole rings is 1. The van der Waals surface area contributed by atoms with Crippen LogP contribution in [-0.2, 0) is 20.4 Å². The summed E-state index contributed by atoms with van der Waals surface area (Å²) in [4.78, 5) is 27.3. The normalized spacial score (nSPS) is 28.7. The minimum Gasteiger partial charge on any atom is -0.481 e. The number of nitrogens with one attached hydrogen (secondary N) is 1. The number of anilines is 2. The van der Waals surface area contributed by atoms with Crippen LogP contribution >= 0.6 is 0 Å². The molecule has 3 aliphatic rings. The van der Waals surface area contributed by atoms with Crippen LogP contribution in [0.3, 0.4) is 0 Å². The van der Waals surface area contributed by atoms with Crippen molar-refractivity contribution in [2.75, 3.05) is 23.3 Å². The molecule has 1 aliphatic carbocycles. The molecule has 38 heavy (non-hydrogen) atoms. The van der Waals surface area contributed by atoms with Gasteiger partial charge in [0.25, 0.3) is 0 Å². The molecule has 2 saturated heterocycles. The van der Waals surface area contributed by atoms with Gasteiger partial charge in [0.1, 0.15) is 24.1 Å². The summed E-state index contributed by atoms with van der Waals surface area (Å²) in [5.41, 5.74) is 1.16. The Bertz CT molecular complexity index is 1360. The van der Waals surface area contributed by atoms with Crippen LogP contribution in [-0.4, -0.2) is 67.7 Å². The Hall–Kier alpha value is -3.45. The second-order valence-corrected chi connectivity index (χ2v) is 10.5. The molecule has 1 aromatic carbocycles. The third-order valence-corrected chi connectivity index (χ3v) is 7.56. The van der Waals surface area contributed by atoms with Crippen molar-refractivity contribution in [3.05, 3.63) is 42.5 Å². The Kier molecular flexibility index (Phi) is 5.76. The largest absolute Gasteiger partial charge is 0.481 e. The quantitative estimate of drug-likeness (QED) is 0.508. The molecule has 2 aromatic heterocycles. The highest BCUT2D eigenvalue weighted by Gasteiger charge is 2.57. The summed E-state index contributed by atoms with van der Waals surface area (Å²) in [6.45, 7) is 4.81. The van der Waals surface area contributed by atoms with Gasteiger partial charge in [-0.05, 0) is 51.0 Å². The van der Waals surface area contributed by atoms with Crippen LogP contribution in [0.2, 0.25) is 0 Å². The lowest BCUT2D eigenvalue weighted by molar-refractivity contribution is -0.167. The lowest BCUT2D eigenvalue weighted by Gasteiger charge is -2.23. The number of carboxylic acids is 1. The van der Waals surface area contributed by atoms with Crippen molar-refractivity contribution in [3.8, 4) is 0 Å². The third-order valence-electron chi connectivity index (χ3n) is 7.56. The van der Waals surface area contributed by atoms with Crippen molar-refractivity contribution in [2.24, 2.45) is 5.92 Å². The van der Waals surface area contributed by atoms with E-state index in [1.54, 1.807) is 20.2 Å². The molecule has 0 amide bonds. The van der Waals surface area contributed by atoms with Crippen molar-refractivity contribution in [1.82, 2.24) is 19.5 Å². The van der Waals surface area contributed by atoms with Gasteiger partial charge < -0.3 is 29.4 Å². The molecule has 6 rings (SSSR count). The second-order valence-electron chi connectivity index (χ2n) is 10.5. The molecule has 5 atom stereocenters. The minimum atomic E-state index is -4.36. The molecule has 4 heterocycles. The molecule has 1 saturated carbocycles. The fourth-order valence-electron chi connectivity index (χ4n) is 5.83. The number of rotatable bonds is 5. The summed E-state index contributed by atoms with van der Waals surface area (Å²) in [5.74, 6) is -1.98. The molecule has 2 aliphatic heterocycles. The van der Waals surface area contributed by atoms with Gasteiger partial charge in [0.15, 0.2) is 17.3 Å². The van der Waals surface area contributed by atoms with Gasteiger partial charge in [0.05, 0.1) is 23.9 Å². The summed E-state index contributed by atoms with van der Waals surface area (Å²) >= 11 is 0. The lowest BCUT2D eigenvalue weighted by Crippen LogP contribution is -2.30. The molecule has 2 N–H and O–H groups in total. The average Bonchev–Trinajstić information content (AvgIpc) is 3.61. The first-order valence-corrected chi connectivity index (χ1v) is 12.4. The van der Waals surface area contributed by atoms with Gasteiger partial charge in [-0.3, -0.25) is 4.79 Å². The van der Waals surface area contributed by atoms with Crippen molar-refractivity contribution in [1.29, 1.82) is 0 Å². The molecule has 0 unspecified atom stereocenters. The van der Waals surface area contributed by atoms with Gasteiger partial charge in [0.2, 0.25) is 0 Å². The Balaban J connectivity index is 1.20. The minimum absolute atomic E-state index is 0.000147. The third kappa shape index (κ3) is 4.33. The van der Waals surface area contributed by atoms with Crippen LogP contribution in [0.15, 0.2) is 36.9 Å². The maximum absolute atomic E-state index is 12.9. The number of alkyl halides is 3. The summed E-state index contributed by atoms with van der Waals surface area (Å²) in [5, 5.41) is 13.2. The number of hydrogen-bond donors (Lipinski definition) is 2. The SMILES string of the molecule is CC1(C)O[C@@H]2[C@H](O1)[C@@H](C(=O)O)C[C@H]2n1cnc2c(N[C@H]3CCN(c4ccc(C(F)(F)F)cc4)C3)ncnc21. The predicted octanol–water partition coefficient (Wildman–Crippen LogP) is 3.70. The smallest absolute Gasteiger partial charge is 0.416 e. The van der Waals surface area contributed by atoms with E-state index in [4.69, 9.17) is 9.47 Å². The molecule has 0 bridgehead atoms. The Morgan fingerprint density at radius 1 is 1.13 bits per heavy atom. The van der Waals surface area contributed by atoms with Gasteiger partial charge >= 0.3 is 12.1 Å². The number of carboxylic acid groups (broad SMARTS) is 1. The van der Waals surface area contributed by atoms with Gasteiger partial charge in [-0.1, -0.05) is 0 Å². The molecule has 3 fully saturated rings. The van der Waals surface area contributed by atoms with E-state index in [-0.39, 0.29) is 12.1 Å². The fourth-order valence-corrected chi connectivity index (χ4v) is 5.83. The van der Waals surface area contributed by atoms with E-state index in [9.17, 15) is 23.1 Å². The molecule has 10 nitrogen and oxygen atoms in total. The number of fused-ring (bicyclic) bond motifs is 2. The van der Waals surface area contributed by atoms with Crippen LogP contribution in [0.25, 0.3) is 11.2 Å². The number of nitrogens with zero attached hydrogens (tertiary/aromatic N) is 5. The number of aliphatic carboxylic acids is 1. The topological polar surface area (TPSA) is 115 Å². The monoisotopic (exact) mass is 532 g/mol. The standard InChI is InChI=1S/C25H27F3N6O4/c1-24(2)37-19-16(23(35)36)9-17(20(19)38-24)34-12-31-18-21(29-11-30-22(18)34)32-14-7-8-33(10-14)15-5-3-13(4-6-15)25(26,27)28/h3-6,11-12,14,16-17,19-20H,7-10H2,1-2H3,(H,35,36)(H,29,30,32)/t14-,16-,17+,19+,20-/m0/s1. The number of benzene rings is 1. The number of ether oxygens (including phenoxy) is 2. The first-order chi connectivity index (χ1) is 18.0. The van der Waals surface area contributed by atoms with Gasteiger partial charge in [0, 0.05) is 24.8 Å². The Morgan fingerprint density at radius 2 is 1.87 bits per heavy atom. The molecule has 13 heteroatoms. The van der Waals surface area contributed by atoms with Gasteiger partial charge in [-0.25, -0.2) is 15.0 Å². The molecule has 202 valence electrons. The fraction of sp³-hybridized carbons (Fsp3) is 0.520. The molecule has 3 aromatic rings. The van der Waals surface area contributed by atoms with Crippen LogP contribution in [0.1, 0.15) is 38.3 Å². The zero-order chi connectivity index (χ0) is 26.8. The first-order valence-electron chi connectivity index (χ1n) is 12.4. The maximum Gasteiger partial charge on any atom is 0.416 e. The van der Waals surface area contributed by atoms with Gasteiger partial charge in [-0.2, -0.15) is 13.2 Å². The van der Waals surface area contributed by atoms with E-state index in [1.807, 2.05) is 9.47 Å². The van der Waals surface area contributed by atoms with E-state index >= 15 is 0 Å². The average molecular weight is 533 g/mol. The highest BCUT2D eigenvalue weighted by atomic mass is 19.4.